The van der Waals surface area contributed by atoms with Crippen molar-refractivity contribution in [2.24, 2.45) is 0 Å². The molecular weight excluding hydrogens is 212 g/mol. The average Bonchev–Trinajstić information content (AvgIpc) is 2.84. The molecule has 3 heteroatoms. The molecule has 0 spiro atoms. The fourth-order valence-corrected chi connectivity index (χ4v) is 2.19. The van der Waals surface area contributed by atoms with Gasteiger partial charge in [-0.1, -0.05) is 12.1 Å². The highest BCUT2D eigenvalue weighted by Crippen LogP contribution is 2.17. The zero-order valence-corrected chi connectivity index (χ0v) is 10.6. The van der Waals surface area contributed by atoms with Gasteiger partial charge in [-0.25, -0.2) is 0 Å². The second-order valence-corrected chi connectivity index (χ2v) is 4.69. The highest BCUT2D eigenvalue weighted by atomic mass is 16.2. The fraction of sp³-hybridized carbons (Fsp3) is 0.500. The Bertz CT molecular complexity index is 409. The lowest BCUT2D eigenvalue weighted by atomic mass is 10.1. The lowest BCUT2D eigenvalue weighted by Gasteiger charge is -2.17. The van der Waals surface area contributed by atoms with Gasteiger partial charge < -0.3 is 10.2 Å². The van der Waals surface area contributed by atoms with Crippen LogP contribution in [0.3, 0.4) is 0 Å². The maximum atomic E-state index is 11.9. The van der Waals surface area contributed by atoms with E-state index in [4.69, 9.17) is 0 Å². The Morgan fingerprint density at radius 3 is 2.71 bits per heavy atom. The summed E-state index contributed by atoms with van der Waals surface area (Å²) in [6, 6.07) is 6.13. The summed E-state index contributed by atoms with van der Waals surface area (Å²) < 4.78 is 0. The Kier molecular flexibility index (Phi) is 3.67. The minimum absolute atomic E-state index is 0.211. The molecule has 1 saturated heterocycles. The standard InChI is InChI=1S/C14H20N2O/c1-11-6-5-7-13(12(11)2)15-10-14(17)16-8-3-4-9-16/h5-7,15H,3-4,8-10H2,1-2H3. The number of nitrogens with one attached hydrogen (secondary N) is 1. The molecule has 1 aromatic rings. The number of carbonyl (C=O) groups is 1. The monoisotopic (exact) mass is 232 g/mol. The van der Waals surface area contributed by atoms with Gasteiger partial charge in [-0.05, 0) is 43.9 Å². The normalized spacial score (nSPS) is 15.1. The van der Waals surface area contributed by atoms with Crippen molar-refractivity contribution in [1.29, 1.82) is 0 Å². The number of hydrogen-bond donors (Lipinski definition) is 1. The van der Waals surface area contributed by atoms with Crippen LogP contribution in [0.15, 0.2) is 18.2 Å². The molecule has 1 aromatic carbocycles. The van der Waals surface area contributed by atoms with Gasteiger partial charge in [0.2, 0.25) is 5.91 Å². The van der Waals surface area contributed by atoms with Crippen LogP contribution in [-0.4, -0.2) is 30.4 Å². The zero-order chi connectivity index (χ0) is 12.3. The summed E-state index contributed by atoms with van der Waals surface area (Å²) in [6.45, 7) is 6.42. The molecule has 1 N–H and O–H groups in total. The number of amides is 1. The molecule has 1 aliphatic rings. The molecule has 1 amide bonds. The Morgan fingerprint density at radius 2 is 2.00 bits per heavy atom. The molecule has 1 heterocycles. The topological polar surface area (TPSA) is 32.3 Å². The lowest BCUT2D eigenvalue weighted by Crippen LogP contribution is -2.33. The molecule has 17 heavy (non-hydrogen) atoms. The van der Waals surface area contributed by atoms with E-state index < -0.39 is 0 Å². The van der Waals surface area contributed by atoms with Crippen molar-refractivity contribution in [1.82, 2.24) is 4.90 Å². The number of carbonyl (C=O) groups excluding carboxylic acids is 1. The summed E-state index contributed by atoms with van der Waals surface area (Å²) >= 11 is 0. The van der Waals surface area contributed by atoms with Gasteiger partial charge in [-0.3, -0.25) is 4.79 Å². The van der Waals surface area contributed by atoms with Gasteiger partial charge in [0.25, 0.3) is 0 Å². The van der Waals surface area contributed by atoms with Crippen molar-refractivity contribution in [3.05, 3.63) is 29.3 Å². The lowest BCUT2D eigenvalue weighted by molar-refractivity contribution is -0.128. The van der Waals surface area contributed by atoms with E-state index in [0.29, 0.717) is 6.54 Å². The maximum absolute atomic E-state index is 11.9. The molecule has 0 bridgehead atoms. The summed E-state index contributed by atoms with van der Waals surface area (Å²) in [5.74, 6) is 0.211. The first-order valence-corrected chi connectivity index (χ1v) is 6.26. The second kappa shape index (κ2) is 5.21. The molecule has 0 aliphatic carbocycles. The molecule has 0 saturated carbocycles. The van der Waals surface area contributed by atoms with Gasteiger partial charge in [-0.2, -0.15) is 0 Å². The van der Waals surface area contributed by atoms with Crippen LogP contribution < -0.4 is 5.32 Å². The van der Waals surface area contributed by atoms with Crippen LogP contribution in [0.1, 0.15) is 24.0 Å². The fourth-order valence-electron chi connectivity index (χ4n) is 2.19. The van der Waals surface area contributed by atoms with Crippen LogP contribution in [0.2, 0.25) is 0 Å². The summed E-state index contributed by atoms with van der Waals surface area (Å²) in [7, 11) is 0. The van der Waals surface area contributed by atoms with Gasteiger partial charge in [0.1, 0.15) is 0 Å². The summed E-state index contributed by atoms with van der Waals surface area (Å²) in [6.07, 6.45) is 2.30. The third-order valence-electron chi connectivity index (χ3n) is 3.49. The number of nitrogens with zero attached hydrogens (tertiary/aromatic N) is 1. The Hall–Kier alpha value is -1.51. The van der Waals surface area contributed by atoms with Gasteiger partial charge >= 0.3 is 0 Å². The minimum Gasteiger partial charge on any atom is -0.376 e. The molecule has 0 atom stereocenters. The largest absolute Gasteiger partial charge is 0.376 e. The third kappa shape index (κ3) is 2.78. The number of likely N-dealkylation sites (tertiary alicyclic amines) is 1. The van der Waals surface area contributed by atoms with Crippen molar-refractivity contribution in [2.45, 2.75) is 26.7 Å². The maximum Gasteiger partial charge on any atom is 0.241 e. The molecule has 2 rings (SSSR count). The highest BCUT2D eigenvalue weighted by molar-refractivity contribution is 5.81. The number of aryl methyl sites for hydroxylation is 1. The van der Waals surface area contributed by atoms with Crippen LogP contribution in [0.25, 0.3) is 0 Å². The summed E-state index contributed by atoms with van der Waals surface area (Å²) in [5.41, 5.74) is 3.54. The van der Waals surface area contributed by atoms with E-state index in [9.17, 15) is 4.79 Å². The van der Waals surface area contributed by atoms with E-state index in [0.717, 1.165) is 31.6 Å². The van der Waals surface area contributed by atoms with Crippen molar-refractivity contribution in [2.75, 3.05) is 25.0 Å². The molecular formula is C14H20N2O. The number of anilines is 1. The van der Waals surface area contributed by atoms with Crippen molar-refractivity contribution in [3.63, 3.8) is 0 Å². The van der Waals surface area contributed by atoms with Crippen LogP contribution in [0.5, 0.6) is 0 Å². The first-order chi connectivity index (χ1) is 8.18. The summed E-state index contributed by atoms with van der Waals surface area (Å²) in [5, 5.41) is 3.24. The first kappa shape index (κ1) is 12.0. The zero-order valence-electron chi connectivity index (χ0n) is 10.6. The average molecular weight is 232 g/mol. The molecule has 1 fully saturated rings. The number of hydrogen-bond acceptors (Lipinski definition) is 2. The predicted molar refractivity (Wildman–Crippen MR) is 70.2 cm³/mol. The van der Waals surface area contributed by atoms with Crippen molar-refractivity contribution in [3.8, 4) is 0 Å². The Labute approximate surface area is 103 Å². The molecule has 1 aliphatic heterocycles. The highest BCUT2D eigenvalue weighted by Gasteiger charge is 2.17. The third-order valence-corrected chi connectivity index (χ3v) is 3.49. The quantitative estimate of drug-likeness (QED) is 0.867. The minimum atomic E-state index is 0.211. The first-order valence-electron chi connectivity index (χ1n) is 6.26. The Balaban J connectivity index is 1.93. The van der Waals surface area contributed by atoms with E-state index in [2.05, 4.69) is 25.2 Å². The smallest absolute Gasteiger partial charge is 0.241 e. The predicted octanol–water partition coefficient (Wildman–Crippen LogP) is 2.34. The second-order valence-electron chi connectivity index (χ2n) is 4.69. The van der Waals surface area contributed by atoms with Gasteiger partial charge in [-0.15, -0.1) is 0 Å². The van der Waals surface area contributed by atoms with E-state index >= 15 is 0 Å². The van der Waals surface area contributed by atoms with E-state index in [1.54, 1.807) is 0 Å². The SMILES string of the molecule is Cc1cccc(NCC(=O)N2CCCC2)c1C. The van der Waals surface area contributed by atoms with Gasteiger partial charge in [0.15, 0.2) is 0 Å². The van der Waals surface area contributed by atoms with Crippen LogP contribution in [0, 0.1) is 13.8 Å². The van der Waals surface area contributed by atoms with Crippen LogP contribution in [0.4, 0.5) is 5.69 Å². The summed E-state index contributed by atoms with van der Waals surface area (Å²) in [4.78, 5) is 13.8. The van der Waals surface area contributed by atoms with Crippen molar-refractivity contribution >= 4 is 11.6 Å². The molecule has 3 nitrogen and oxygen atoms in total. The molecule has 0 radical (unpaired) electrons. The van der Waals surface area contributed by atoms with E-state index in [1.165, 1.54) is 11.1 Å². The number of rotatable bonds is 3. The van der Waals surface area contributed by atoms with Gasteiger partial charge in [0, 0.05) is 18.8 Å². The molecule has 0 aromatic heterocycles. The van der Waals surface area contributed by atoms with Crippen molar-refractivity contribution < 1.29 is 4.79 Å². The molecule has 0 unspecified atom stereocenters. The molecule has 92 valence electrons. The van der Waals surface area contributed by atoms with E-state index in [-0.39, 0.29) is 5.91 Å². The Morgan fingerprint density at radius 1 is 1.29 bits per heavy atom. The van der Waals surface area contributed by atoms with Gasteiger partial charge in [0.05, 0.1) is 6.54 Å². The van der Waals surface area contributed by atoms with E-state index in [1.807, 2.05) is 17.0 Å². The van der Waals surface area contributed by atoms with Crippen LogP contribution in [-0.2, 0) is 4.79 Å². The number of benzene rings is 1. The van der Waals surface area contributed by atoms with Crippen LogP contribution >= 0.6 is 0 Å².